The number of hydrogen-bond donors (Lipinski definition) is 0. The Labute approximate surface area is 163 Å². The molecule has 2 rings (SSSR count). The Morgan fingerprint density at radius 1 is 0.893 bits per heavy atom. The lowest BCUT2D eigenvalue weighted by Crippen LogP contribution is -2.20. The van der Waals surface area contributed by atoms with Gasteiger partial charge in [-0.2, -0.15) is 0 Å². The molecule has 28 heavy (non-hydrogen) atoms. The zero-order valence-corrected chi connectivity index (χ0v) is 16.1. The number of carbonyl (C=O) groups is 2. The molecule has 0 spiro atoms. The van der Waals surface area contributed by atoms with Crippen molar-refractivity contribution >= 4 is 18.0 Å². The van der Waals surface area contributed by atoms with Crippen molar-refractivity contribution in [1.82, 2.24) is 0 Å². The van der Waals surface area contributed by atoms with E-state index in [4.69, 9.17) is 23.7 Å². The highest BCUT2D eigenvalue weighted by Gasteiger charge is 2.24. The summed E-state index contributed by atoms with van der Waals surface area (Å²) < 4.78 is 25.8. The van der Waals surface area contributed by atoms with Crippen molar-refractivity contribution < 1.29 is 33.3 Å². The van der Waals surface area contributed by atoms with E-state index in [0.29, 0.717) is 28.4 Å². The molecule has 1 atom stereocenters. The molecule has 0 aliphatic heterocycles. The number of methoxy groups -OCH3 is 4. The summed E-state index contributed by atoms with van der Waals surface area (Å²) in [7, 11) is 5.74. The molecule has 0 aliphatic rings. The van der Waals surface area contributed by atoms with Crippen LogP contribution < -0.4 is 14.2 Å². The Morgan fingerprint density at radius 2 is 1.50 bits per heavy atom. The number of hydrogen-bond acceptors (Lipinski definition) is 7. The molecule has 7 heteroatoms. The molecule has 7 nitrogen and oxygen atoms in total. The minimum Gasteiger partial charge on any atom is -0.493 e. The average Bonchev–Trinajstić information content (AvgIpc) is 2.75. The molecule has 0 amide bonds. The van der Waals surface area contributed by atoms with Gasteiger partial charge in [0.25, 0.3) is 0 Å². The number of esters is 2. The van der Waals surface area contributed by atoms with Crippen molar-refractivity contribution in [3.63, 3.8) is 0 Å². The van der Waals surface area contributed by atoms with Crippen LogP contribution in [0.25, 0.3) is 6.08 Å². The average molecular weight is 386 g/mol. The first-order chi connectivity index (χ1) is 13.5. The number of carbonyl (C=O) groups excluding carboxylic acids is 2. The summed E-state index contributed by atoms with van der Waals surface area (Å²) in [6.45, 7) is 0. The zero-order valence-electron chi connectivity index (χ0n) is 16.1. The lowest BCUT2D eigenvalue weighted by Gasteiger charge is -2.15. The first kappa shape index (κ1) is 20.8. The van der Waals surface area contributed by atoms with Crippen molar-refractivity contribution in [2.75, 3.05) is 28.4 Å². The minimum atomic E-state index is -1.15. The summed E-state index contributed by atoms with van der Waals surface area (Å²) in [6, 6.07) is 12.0. The van der Waals surface area contributed by atoms with Crippen LogP contribution in [0.15, 0.2) is 48.5 Å². The maximum atomic E-state index is 12.2. The smallest absolute Gasteiger partial charge is 0.351 e. The van der Waals surface area contributed by atoms with E-state index in [-0.39, 0.29) is 0 Å². The van der Waals surface area contributed by atoms with E-state index in [2.05, 4.69) is 0 Å². The molecule has 0 fully saturated rings. The van der Waals surface area contributed by atoms with Crippen LogP contribution in [0.2, 0.25) is 0 Å². The van der Waals surface area contributed by atoms with Crippen LogP contribution in [-0.2, 0) is 19.1 Å². The highest BCUT2D eigenvalue weighted by molar-refractivity contribution is 5.90. The summed E-state index contributed by atoms with van der Waals surface area (Å²) in [4.78, 5) is 24.2. The molecule has 1 unspecified atom stereocenters. The fourth-order valence-electron chi connectivity index (χ4n) is 2.50. The number of benzene rings is 2. The van der Waals surface area contributed by atoms with Crippen molar-refractivity contribution in [3.8, 4) is 17.2 Å². The maximum Gasteiger partial charge on any atom is 0.351 e. The molecule has 148 valence electrons. The maximum absolute atomic E-state index is 12.2. The molecule has 0 bridgehead atoms. The molecule has 0 N–H and O–H groups in total. The molecule has 0 aromatic heterocycles. The second kappa shape index (κ2) is 10.0. The Balaban J connectivity index is 2.21. The monoisotopic (exact) mass is 386 g/mol. The zero-order chi connectivity index (χ0) is 20.5. The topological polar surface area (TPSA) is 80.3 Å². The van der Waals surface area contributed by atoms with Gasteiger partial charge >= 0.3 is 11.9 Å². The van der Waals surface area contributed by atoms with Gasteiger partial charge in [0, 0.05) is 11.6 Å². The molecule has 0 aliphatic carbocycles. The molecular formula is C21H22O7. The van der Waals surface area contributed by atoms with Gasteiger partial charge in [0.05, 0.1) is 28.4 Å². The molecule has 2 aromatic carbocycles. The van der Waals surface area contributed by atoms with E-state index in [1.165, 1.54) is 40.6 Å². The van der Waals surface area contributed by atoms with E-state index in [0.717, 1.165) is 0 Å². The van der Waals surface area contributed by atoms with Gasteiger partial charge in [-0.15, -0.1) is 0 Å². The third-order valence-electron chi connectivity index (χ3n) is 3.85. The first-order valence-corrected chi connectivity index (χ1v) is 8.35. The van der Waals surface area contributed by atoms with Crippen LogP contribution in [0.3, 0.4) is 0 Å². The van der Waals surface area contributed by atoms with E-state index >= 15 is 0 Å². The molecule has 2 aromatic rings. The van der Waals surface area contributed by atoms with Crippen molar-refractivity contribution in [2.24, 2.45) is 0 Å². The Morgan fingerprint density at radius 3 is 2.00 bits per heavy atom. The lowest BCUT2D eigenvalue weighted by atomic mass is 10.1. The summed E-state index contributed by atoms with van der Waals surface area (Å²) >= 11 is 0. The van der Waals surface area contributed by atoms with E-state index in [9.17, 15) is 9.59 Å². The summed E-state index contributed by atoms with van der Waals surface area (Å²) in [5, 5.41) is 0. The van der Waals surface area contributed by atoms with Gasteiger partial charge in [0.15, 0.2) is 11.5 Å². The fourth-order valence-corrected chi connectivity index (χ4v) is 2.50. The van der Waals surface area contributed by atoms with Crippen LogP contribution in [0.5, 0.6) is 17.2 Å². The van der Waals surface area contributed by atoms with Gasteiger partial charge in [-0.05, 0) is 23.8 Å². The third kappa shape index (κ3) is 5.03. The quantitative estimate of drug-likeness (QED) is 0.509. The van der Waals surface area contributed by atoms with E-state index in [1.54, 1.807) is 42.5 Å². The van der Waals surface area contributed by atoms with Gasteiger partial charge in [0.2, 0.25) is 11.9 Å². The fraction of sp³-hybridized carbons (Fsp3) is 0.238. The second-order valence-corrected chi connectivity index (χ2v) is 5.54. The number of ether oxygens (including phenoxy) is 5. The molecule has 0 heterocycles. The van der Waals surface area contributed by atoms with E-state index in [1.807, 2.05) is 0 Å². The molecule has 0 saturated carbocycles. The van der Waals surface area contributed by atoms with Crippen LogP contribution in [0, 0.1) is 0 Å². The largest absolute Gasteiger partial charge is 0.493 e. The first-order valence-electron chi connectivity index (χ1n) is 8.35. The minimum absolute atomic E-state index is 0.444. The second-order valence-electron chi connectivity index (χ2n) is 5.54. The SMILES string of the molecule is COC(=O)C(OC(=O)/C=C/c1cc(OC)c(OC)c(OC)c1)c1ccccc1. The summed E-state index contributed by atoms with van der Waals surface area (Å²) in [5.41, 5.74) is 1.14. The molecule has 0 radical (unpaired) electrons. The van der Waals surface area contributed by atoms with Gasteiger partial charge in [-0.1, -0.05) is 30.3 Å². The predicted molar refractivity (Wildman–Crippen MR) is 102 cm³/mol. The van der Waals surface area contributed by atoms with Crippen LogP contribution >= 0.6 is 0 Å². The normalized spacial score (nSPS) is 11.6. The van der Waals surface area contributed by atoms with Crippen LogP contribution in [-0.4, -0.2) is 40.4 Å². The van der Waals surface area contributed by atoms with Crippen LogP contribution in [0.1, 0.15) is 17.2 Å². The van der Waals surface area contributed by atoms with Gasteiger partial charge in [-0.3, -0.25) is 0 Å². The Hall–Kier alpha value is -3.48. The third-order valence-corrected chi connectivity index (χ3v) is 3.85. The lowest BCUT2D eigenvalue weighted by molar-refractivity contribution is -0.163. The standard InChI is InChI=1S/C21H22O7/c1-24-16-12-14(13-17(25-2)20(16)26-3)10-11-18(22)28-19(21(23)27-4)15-8-6-5-7-9-15/h5-13,19H,1-4H3/b11-10+. The van der Waals surface area contributed by atoms with Crippen molar-refractivity contribution in [3.05, 3.63) is 59.7 Å². The number of rotatable bonds is 8. The molecular weight excluding hydrogens is 364 g/mol. The van der Waals surface area contributed by atoms with Gasteiger partial charge < -0.3 is 23.7 Å². The van der Waals surface area contributed by atoms with E-state index < -0.39 is 18.0 Å². The van der Waals surface area contributed by atoms with Crippen LogP contribution in [0.4, 0.5) is 0 Å². The predicted octanol–water partition coefficient (Wildman–Crippen LogP) is 3.18. The highest BCUT2D eigenvalue weighted by atomic mass is 16.6. The Bertz CT molecular complexity index is 818. The molecule has 0 saturated heterocycles. The van der Waals surface area contributed by atoms with Crippen molar-refractivity contribution in [2.45, 2.75) is 6.10 Å². The highest BCUT2D eigenvalue weighted by Crippen LogP contribution is 2.38. The summed E-state index contributed by atoms with van der Waals surface area (Å²) in [5.74, 6) is -0.0218. The van der Waals surface area contributed by atoms with Gasteiger partial charge in [-0.25, -0.2) is 9.59 Å². The van der Waals surface area contributed by atoms with Crippen molar-refractivity contribution in [1.29, 1.82) is 0 Å². The summed E-state index contributed by atoms with van der Waals surface area (Å²) in [6.07, 6.45) is 1.58. The van der Waals surface area contributed by atoms with Gasteiger partial charge in [0.1, 0.15) is 0 Å². The Kier molecular flexibility index (Phi) is 7.45.